The number of benzene rings is 2. The number of nitrogens with one attached hydrogen (secondary N) is 1. The number of para-hydroxylation sites is 1. The number of carbonyl (C=O) groups excluding carboxylic acids is 1. The van der Waals surface area contributed by atoms with Crippen LogP contribution in [0.15, 0.2) is 65.6 Å². The Kier molecular flexibility index (Phi) is 6.47. The molecule has 0 bridgehead atoms. The lowest BCUT2D eigenvalue weighted by atomic mass is 10.1. The summed E-state index contributed by atoms with van der Waals surface area (Å²) in [5, 5.41) is 3.48. The second kappa shape index (κ2) is 9.63. The Morgan fingerprint density at radius 3 is 2.32 bits per heavy atom. The van der Waals surface area contributed by atoms with Crippen LogP contribution in [0.4, 0.5) is 11.5 Å². The quantitative estimate of drug-likeness (QED) is 0.334. The molecule has 0 fully saturated rings. The molecule has 1 unspecified atom stereocenters. The van der Waals surface area contributed by atoms with E-state index in [0.717, 1.165) is 24.2 Å². The highest BCUT2D eigenvalue weighted by Crippen LogP contribution is 2.31. The summed E-state index contributed by atoms with van der Waals surface area (Å²) in [6, 6.07) is 17.5. The number of carbonyl (C=O) groups is 1. The summed E-state index contributed by atoms with van der Waals surface area (Å²) in [6.45, 7) is 12.8. The van der Waals surface area contributed by atoms with Crippen LogP contribution in [0.25, 0.3) is 5.65 Å². The average Bonchev–Trinajstić information content (AvgIpc) is 3.29. The third-order valence-electron chi connectivity index (χ3n) is 6.81. The van der Waals surface area contributed by atoms with Gasteiger partial charge in [0.25, 0.3) is 5.56 Å². The van der Waals surface area contributed by atoms with E-state index in [1.165, 1.54) is 11.1 Å². The lowest BCUT2D eigenvalue weighted by molar-refractivity contribution is 0.00706. The number of pyridine rings is 1. The number of hydrogen-bond donors (Lipinski definition) is 1. The van der Waals surface area contributed by atoms with E-state index in [4.69, 9.17) is 9.72 Å². The Hall–Kier alpha value is -4.13. The maximum Gasteiger partial charge on any atom is 0.340 e. The van der Waals surface area contributed by atoms with E-state index in [-0.39, 0.29) is 17.6 Å². The van der Waals surface area contributed by atoms with Crippen molar-refractivity contribution in [2.24, 2.45) is 0 Å². The van der Waals surface area contributed by atoms with Gasteiger partial charge in [-0.2, -0.15) is 0 Å². The van der Waals surface area contributed by atoms with Gasteiger partial charge in [0.05, 0.1) is 17.2 Å². The summed E-state index contributed by atoms with van der Waals surface area (Å²) in [7, 11) is 0. The van der Waals surface area contributed by atoms with Crippen molar-refractivity contribution < 1.29 is 9.53 Å². The average molecular weight is 511 g/mol. The highest BCUT2D eigenvalue weighted by Gasteiger charge is 2.25. The molecule has 4 aromatic rings. The summed E-state index contributed by atoms with van der Waals surface area (Å²) < 4.78 is 7.27. The van der Waals surface area contributed by atoms with Gasteiger partial charge in [-0.15, -0.1) is 0 Å². The fourth-order valence-electron chi connectivity index (χ4n) is 5.03. The second-order valence-corrected chi connectivity index (χ2v) is 11.1. The smallest absolute Gasteiger partial charge is 0.340 e. The monoisotopic (exact) mass is 510 g/mol. The predicted molar refractivity (Wildman–Crippen MR) is 151 cm³/mol. The number of aryl methyl sites for hydroxylation is 1. The molecule has 196 valence electrons. The van der Waals surface area contributed by atoms with Crippen LogP contribution in [0.2, 0.25) is 0 Å². The Bertz CT molecular complexity index is 1570. The molecule has 0 saturated carbocycles. The molecule has 1 atom stereocenters. The number of aromatic nitrogens is 2. The van der Waals surface area contributed by atoms with Gasteiger partial charge in [0.15, 0.2) is 0 Å². The van der Waals surface area contributed by atoms with Crippen LogP contribution in [-0.4, -0.2) is 21.0 Å². The molecule has 2 aromatic carbocycles. The van der Waals surface area contributed by atoms with E-state index in [0.29, 0.717) is 28.3 Å². The lowest BCUT2D eigenvalue weighted by Gasteiger charge is -2.24. The van der Waals surface area contributed by atoms with Crippen LogP contribution in [0, 0.1) is 13.8 Å². The first kappa shape index (κ1) is 25.5. The van der Waals surface area contributed by atoms with Crippen LogP contribution >= 0.6 is 0 Å². The van der Waals surface area contributed by atoms with Crippen molar-refractivity contribution in [1.29, 1.82) is 0 Å². The largest absolute Gasteiger partial charge is 0.456 e. The van der Waals surface area contributed by atoms with Gasteiger partial charge in [0, 0.05) is 30.5 Å². The van der Waals surface area contributed by atoms with Gasteiger partial charge >= 0.3 is 5.97 Å². The number of nitrogens with zero attached hydrogens (tertiary/aromatic N) is 3. The fraction of sp³-hybridized carbons (Fsp3) is 0.323. The maximum atomic E-state index is 13.6. The van der Waals surface area contributed by atoms with Crippen molar-refractivity contribution >= 4 is 23.1 Å². The van der Waals surface area contributed by atoms with E-state index < -0.39 is 5.60 Å². The minimum atomic E-state index is -0.600. The molecule has 2 aromatic heterocycles. The lowest BCUT2D eigenvalue weighted by Crippen LogP contribution is -2.27. The molecule has 5 rings (SSSR count). The molecule has 0 amide bonds. The maximum absolute atomic E-state index is 13.6. The van der Waals surface area contributed by atoms with Crippen LogP contribution in [0.1, 0.15) is 71.9 Å². The van der Waals surface area contributed by atoms with Crippen molar-refractivity contribution in [2.45, 2.75) is 66.3 Å². The van der Waals surface area contributed by atoms with E-state index in [2.05, 4.69) is 22.3 Å². The zero-order valence-corrected chi connectivity index (χ0v) is 22.8. The van der Waals surface area contributed by atoms with E-state index in [1.807, 2.05) is 84.1 Å². The van der Waals surface area contributed by atoms with Gasteiger partial charge < -0.3 is 15.0 Å². The Balaban J connectivity index is 1.55. The SMILES string of the molecule is Cc1cc(C(C)Nc2ccccc2C(=O)OC(C)(C)C)c2nc(N3Cc4ccccc4C3)c(C)c(=O)n2c1. The number of ether oxygens (including phenoxy) is 1. The van der Waals surface area contributed by atoms with Crippen molar-refractivity contribution in [3.05, 3.63) is 105 Å². The topological polar surface area (TPSA) is 75.9 Å². The number of esters is 1. The normalized spacial score (nSPS) is 13.9. The molecule has 7 heteroatoms. The molecule has 1 aliphatic heterocycles. The van der Waals surface area contributed by atoms with E-state index in [1.54, 1.807) is 10.5 Å². The first-order valence-corrected chi connectivity index (χ1v) is 13.0. The predicted octanol–water partition coefficient (Wildman–Crippen LogP) is 5.96. The molecule has 0 aliphatic carbocycles. The number of rotatable bonds is 5. The minimum Gasteiger partial charge on any atom is -0.456 e. The molecule has 3 heterocycles. The van der Waals surface area contributed by atoms with Crippen molar-refractivity contribution in [3.8, 4) is 0 Å². The second-order valence-electron chi connectivity index (χ2n) is 11.1. The molecular weight excluding hydrogens is 476 g/mol. The molecule has 0 saturated heterocycles. The third kappa shape index (κ3) is 4.88. The summed E-state index contributed by atoms with van der Waals surface area (Å²) in [4.78, 5) is 33.7. The highest BCUT2D eigenvalue weighted by atomic mass is 16.6. The van der Waals surface area contributed by atoms with E-state index >= 15 is 0 Å². The number of anilines is 2. The van der Waals surface area contributed by atoms with Gasteiger partial charge in [-0.3, -0.25) is 9.20 Å². The van der Waals surface area contributed by atoms with E-state index in [9.17, 15) is 9.59 Å². The standard InChI is InChI=1S/C31H34N4O3/c1-19-15-25(21(3)32-26-14-10-9-13-24(26)30(37)38-31(4,5)6)28-33-27(20(2)29(36)35(28)16-19)34-17-22-11-7-8-12-23(22)18-34/h7-16,21,32H,17-18H2,1-6H3. The van der Waals surface area contributed by atoms with Gasteiger partial charge in [0.2, 0.25) is 0 Å². The first-order chi connectivity index (χ1) is 18.0. The summed E-state index contributed by atoms with van der Waals surface area (Å²) in [5.41, 5.74) is 6.02. The fourth-order valence-corrected chi connectivity index (χ4v) is 5.03. The van der Waals surface area contributed by atoms with Crippen LogP contribution in [-0.2, 0) is 17.8 Å². The third-order valence-corrected chi connectivity index (χ3v) is 6.81. The molecule has 0 radical (unpaired) electrons. The minimum absolute atomic E-state index is 0.0766. The number of fused-ring (bicyclic) bond motifs is 2. The van der Waals surface area contributed by atoms with Crippen LogP contribution < -0.4 is 15.8 Å². The summed E-state index contributed by atoms with van der Waals surface area (Å²) >= 11 is 0. The number of hydrogen-bond acceptors (Lipinski definition) is 6. The molecule has 1 N–H and O–H groups in total. The van der Waals surface area contributed by atoms with Gasteiger partial charge in [-0.05, 0) is 76.4 Å². The molecule has 0 spiro atoms. The molecule has 7 nitrogen and oxygen atoms in total. The van der Waals surface area contributed by atoms with Crippen LogP contribution in [0.3, 0.4) is 0 Å². The summed E-state index contributed by atoms with van der Waals surface area (Å²) in [6.07, 6.45) is 1.84. The Morgan fingerprint density at radius 2 is 1.66 bits per heavy atom. The Morgan fingerprint density at radius 1 is 1.03 bits per heavy atom. The molecule has 1 aliphatic rings. The Labute approximate surface area is 223 Å². The van der Waals surface area contributed by atoms with Crippen molar-refractivity contribution in [2.75, 3.05) is 10.2 Å². The van der Waals surface area contributed by atoms with Crippen molar-refractivity contribution in [1.82, 2.24) is 9.38 Å². The van der Waals surface area contributed by atoms with Crippen molar-refractivity contribution in [3.63, 3.8) is 0 Å². The molecular formula is C31H34N4O3. The molecule has 38 heavy (non-hydrogen) atoms. The zero-order valence-electron chi connectivity index (χ0n) is 22.8. The van der Waals surface area contributed by atoms with Gasteiger partial charge in [-0.1, -0.05) is 36.4 Å². The first-order valence-electron chi connectivity index (χ1n) is 13.0. The summed E-state index contributed by atoms with van der Waals surface area (Å²) in [5.74, 6) is 0.320. The zero-order chi connectivity index (χ0) is 27.2. The van der Waals surface area contributed by atoms with Gasteiger partial charge in [-0.25, -0.2) is 9.78 Å². The van der Waals surface area contributed by atoms with Crippen LogP contribution in [0.5, 0.6) is 0 Å². The van der Waals surface area contributed by atoms with Gasteiger partial charge in [0.1, 0.15) is 17.1 Å². The highest BCUT2D eigenvalue weighted by molar-refractivity contribution is 5.96.